The van der Waals surface area contributed by atoms with Crippen molar-refractivity contribution in [2.75, 3.05) is 32.8 Å². The molecule has 4 aliphatic heterocycles. The number of likely N-dealkylation sites (tertiary alicyclic amines) is 2. The molecule has 0 N–H and O–H groups in total. The van der Waals surface area contributed by atoms with Crippen LogP contribution in [-0.4, -0.2) is 60.4 Å². The van der Waals surface area contributed by atoms with Crippen LogP contribution >= 0.6 is 0 Å². The predicted molar refractivity (Wildman–Crippen MR) is 117 cm³/mol. The fourth-order valence-corrected chi connectivity index (χ4v) is 5.64. The summed E-state index contributed by atoms with van der Waals surface area (Å²) >= 11 is 0. The Kier molecular flexibility index (Phi) is 5.32. The van der Waals surface area contributed by atoms with E-state index in [2.05, 4.69) is 17.9 Å². The Labute approximate surface area is 188 Å². The number of hydrogen-bond donors (Lipinski definition) is 0. The van der Waals surface area contributed by atoms with Crippen molar-refractivity contribution in [1.82, 2.24) is 9.80 Å². The Morgan fingerprint density at radius 3 is 2.34 bits per heavy atom. The van der Waals surface area contributed by atoms with Gasteiger partial charge in [-0.25, -0.2) is 9.59 Å². The summed E-state index contributed by atoms with van der Waals surface area (Å²) < 4.78 is 10.3. The van der Waals surface area contributed by atoms with E-state index in [4.69, 9.17) is 9.47 Å². The van der Waals surface area contributed by atoms with Crippen molar-refractivity contribution >= 4 is 17.8 Å². The van der Waals surface area contributed by atoms with Gasteiger partial charge < -0.3 is 19.3 Å². The van der Waals surface area contributed by atoms with E-state index in [9.17, 15) is 14.4 Å². The van der Waals surface area contributed by atoms with Gasteiger partial charge in [-0.3, -0.25) is 4.79 Å². The van der Waals surface area contributed by atoms with Crippen LogP contribution in [0.4, 0.5) is 0 Å². The predicted octanol–water partition coefficient (Wildman–Crippen LogP) is 2.74. The molecule has 1 spiro atoms. The first-order valence-electron chi connectivity index (χ1n) is 11.5. The Balaban J connectivity index is 1.16. The van der Waals surface area contributed by atoms with Crippen molar-refractivity contribution < 1.29 is 23.9 Å². The summed E-state index contributed by atoms with van der Waals surface area (Å²) in [5.41, 5.74) is 5.62. The third-order valence-corrected chi connectivity index (χ3v) is 7.99. The molecule has 0 bridgehead atoms. The van der Waals surface area contributed by atoms with E-state index in [1.165, 1.54) is 11.1 Å². The van der Waals surface area contributed by atoms with E-state index in [1.54, 1.807) is 11.8 Å². The van der Waals surface area contributed by atoms with Crippen molar-refractivity contribution in [3.8, 4) is 0 Å². The van der Waals surface area contributed by atoms with Crippen LogP contribution in [0.25, 0.3) is 0 Å². The highest BCUT2D eigenvalue weighted by Gasteiger charge is 2.43. The SMILES string of the molecule is CC1=C(N2CCC3(CCN(CCc4ccc5c(c4C)COC5=O)CC3)CC2=O)COC1=O. The summed E-state index contributed by atoms with van der Waals surface area (Å²) in [5.74, 6) is -0.392. The van der Waals surface area contributed by atoms with Gasteiger partial charge in [-0.15, -0.1) is 0 Å². The molecule has 170 valence electrons. The molecule has 0 radical (unpaired) electrons. The van der Waals surface area contributed by atoms with Crippen LogP contribution in [0.15, 0.2) is 23.4 Å². The molecule has 5 rings (SSSR count). The molecular weight excluding hydrogens is 408 g/mol. The Morgan fingerprint density at radius 2 is 1.66 bits per heavy atom. The number of piperidine rings is 2. The summed E-state index contributed by atoms with van der Waals surface area (Å²) in [6, 6.07) is 3.96. The smallest absolute Gasteiger partial charge is 0.338 e. The van der Waals surface area contributed by atoms with Gasteiger partial charge in [-0.1, -0.05) is 6.07 Å². The second-order valence-corrected chi connectivity index (χ2v) is 9.66. The minimum absolute atomic E-state index is 0.0865. The number of nitrogens with zero attached hydrogens (tertiary/aromatic N) is 2. The highest BCUT2D eigenvalue weighted by molar-refractivity contribution is 5.94. The second-order valence-electron chi connectivity index (χ2n) is 9.66. The largest absolute Gasteiger partial charge is 0.457 e. The first-order chi connectivity index (χ1) is 15.4. The molecule has 7 nitrogen and oxygen atoms in total. The maximum Gasteiger partial charge on any atom is 0.338 e. The van der Waals surface area contributed by atoms with Gasteiger partial charge in [0, 0.05) is 25.1 Å². The summed E-state index contributed by atoms with van der Waals surface area (Å²) in [6.07, 6.45) is 4.56. The average molecular weight is 439 g/mol. The number of hydrogen-bond acceptors (Lipinski definition) is 6. The lowest BCUT2D eigenvalue weighted by molar-refractivity contribution is -0.139. The number of rotatable bonds is 4. The standard InChI is InChI=1S/C25H30N2O5/c1-16-18(3-4-19-20(16)14-31-24(19)30)5-9-26-10-6-25(7-11-26)8-12-27(22(28)13-25)21-15-32-23(29)17(21)2/h3-4H,5-15H2,1-2H3. The molecule has 4 heterocycles. The molecule has 1 amide bonds. The van der Waals surface area contributed by atoms with Gasteiger partial charge in [0.25, 0.3) is 0 Å². The molecule has 0 atom stereocenters. The minimum Gasteiger partial charge on any atom is -0.457 e. The van der Waals surface area contributed by atoms with Gasteiger partial charge in [0.2, 0.25) is 5.91 Å². The number of benzene rings is 1. The molecule has 32 heavy (non-hydrogen) atoms. The molecule has 0 aromatic heterocycles. The number of amides is 1. The number of ether oxygens (including phenoxy) is 2. The van der Waals surface area contributed by atoms with Crippen LogP contribution in [0, 0.1) is 12.3 Å². The average Bonchev–Trinajstić information content (AvgIpc) is 3.32. The molecule has 1 aromatic carbocycles. The zero-order chi connectivity index (χ0) is 22.5. The molecule has 7 heteroatoms. The lowest BCUT2D eigenvalue weighted by atomic mass is 9.70. The third-order valence-electron chi connectivity index (χ3n) is 7.99. The summed E-state index contributed by atoms with van der Waals surface area (Å²) in [7, 11) is 0. The molecule has 2 fully saturated rings. The van der Waals surface area contributed by atoms with Crippen LogP contribution < -0.4 is 0 Å². The molecule has 0 aliphatic carbocycles. The summed E-state index contributed by atoms with van der Waals surface area (Å²) in [6.45, 7) is 8.11. The van der Waals surface area contributed by atoms with Crippen molar-refractivity contribution in [2.45, 2.75) is 52.6 Å². The van der Waals surface area contributed by atoms with Crippen molar-refractivity contribution in [2.24, 2.45) is 5.41 Å². The second kappa shape index (κ2) is 8.03. The fraction of sp³-hybridized carbons (Fsp3) is 0.560. The minimum atomic E-state index is -0.306. The van der Waals surface area contributed by atoms with Gasteiger partial charge in [0.15, 0.2) is 0 Å². The summed E-state index contributed by atoms with van der Waals surface area (Å²) in [5, 5.41) is 0. The number of fused-ring (bicyclic) bond motifs is 1. The van der Waals surface area contributed by atoms with E-state index in [1.807, 2.05) is 6.07 Å². The lowest BCUT2D eigenvalue weighted by Gasteiger charge is -2.46. The number of carbonyl (C=O) groups is 3. The zero-order valence-corrected chi connectivity index (χ0v) is 18.9. The first-order valence-corrected chi connectivity index (χ1v) is 11.5. The Bertz CT molecular complexity index is 1020. The van der Waals surface area contributed by atoms with Gasteiger partial charge >= 0.3 is 11.9 Å². The van der Waals surface area contributed by atoms with Gasteiger partial charge in [0.05, 0.1) is 16.8 Å². The van der Waals surface area contributed by atoms with E-state index >= 15 is 0 Å². The molecule has 2 saturated heterocycles. The molecule has 1 aromatic rings. The maximum atomic E-state index is 12.9. The number of cyclic esters (lactones) is 2. The molecule has 4 aliphatic rings. The normalized spacial score (nSPS) is 23.1. The highest BCUT2D eigenvalue weighted by atomic mass is 16.5. The van der Waals surface area contributed by atoms with Gasteiger partial charge in [0.1, 0.15) is 13.2 Å². The van der Waals surface area contributed by atoms with Crippen LogP contribution in [0.1, 0.15) is 59.7 Å². The van der Waals surface area contributed by atoms with E-state index in [-0.39, 0.29) is 29.9 Å². The van der Waals surface area contributed by atoms with E-state index < -0.39 is 0 Å². The topological polar surface area (TPSA) is 76.2 Å². The first kappa shape index (κ1) is 21.2. The Morgan fingerprint density at radius 1 is 0.938 bits per heavy atom. The van der Waals surface area contributed by atoms with Crippen molar-refractivity contribution in [3.05, 3.63) is 45.7 Å². The van der Waals surface area contributed by atoms with Crippen LogP contribution in [0.3, 0.4) is 0 Å². The van der Waals surface area contributed by atoms with Crippen molar-refractivity contribution in [3.63, 3.8) is 0 Å². The number of esters is 2. The van der Waals surface area contributed by atoms with Crippen LogP contribution in [-0.2, 0) is 32.1 Å². The third kappa shape index (κ3) is 3.62. The maximum absolute atomic E-state index is 12.9. The molecule has 0 unspecified atom stereocenters. The number of carbonyl (C=O) groups excluding carboxylic acids is 3. The van der Waals surface area contributed by atoms with E-state index in [0.29, 0.717) is 30.7 Å². The molecular formula is C25H30N2O5. The fourth-order valence-electron chi connectivity index (χ4n) is 5.64. The van der Waals surface area contributed by atoms with Gasteiger partial charge in [-0.2, -0.15) is 0 Å². The molecule has 0 saturated carbocycles. The van der Waals surface area contributed by atoms with Crippen molar-refractivity contribution in [1.29, 1.82) is 0 Å². The zero-order valence-electron chi connectivity index (χ0n) is 18.9. The van der Waals surface area contributed by atoms with Crippen LogP contribution in [0.2, 0.25) is 0 Å². The monoisotopic (exact) mass is 438 g/mol. The quantitative estimate of drug-likeness (QED) is 0.673. The Hall–Kier alpha value is -2.67. The lowest BCUT2D eigenvalue weighted by Crippen LogP contribution is -2.49. The van der Waals surface area contributed by atoms with E-state index in [0.717, 1.165) is 56.6 Å². The van der Waals surface area contributed by atoms with Gasteiger partial charge in [-0.05, 0) is 75.2 Å². The van der Waals surface area contributed by atoms with Crippen LogP contribution in [0.5, 0.6) is 0 Å². The summed E-state index contributed by atoms with van der Waals surface area (Å²) in [4.78, 5) is 40.6. The highest BCUT2D eigenvalue weighted by Crippen LogP contribution is 2.43.